The summed E-state index contributed by atoms with van der Waals surface area (Å²) in [6.07, 6.45) is 0.803. The van der Waals surface area contributed by atoms with Crippen LogP contribution in [-0.4, -0.2) is 65.3 Å². The molecule has 0 saturated carbocycles. The van der Waals surface area contributed by atoms with Crippen molar-refractivity contribution < 1.29 is 19.2 Å². The highest BCUT2D eigenvalue weighted by molar-refractivity contribution is 6.35. The zero-order valence-electron chi connectivity index (χ0n) is 16.0. The second-order valence-corrected chi connectivity index (χ2v) is 6.78. The molecule has 1 aromatic carbocycles. The molecule has 1 aliphatic heterocycles. The van der Waals surface area contributed by atoms with Crippen LogP contribution in [-0.2, 0) is 14.3 Å². The van der Waals surface area contributed by atoms with Gasteiger partial charge < -0.3 is 25.2 Å². The predicted octanol–water partition coefficient (Wildman–Crippen LogP) is -0.649. The molecule has 0 spiro atoms. The number of anilines is 1. The molecule has 26 heavy (non-hydrogen) atoms. The SMILES string of the molecule is CCCNC(=O)C(=O)NC[C@@H](c1ccc(N(C)C)cc1)[NH+]1CCOCC1. The van der Waals surface area contributed by atoms with Crippen molar-refractivity contribution in [1.29, 1.82) is 0 Å². The summed E-state index contributed by atoms with van der Waals surface area (Å²) in [5.41, 5.74) is 2.29. The van der Waals surface area contributed by atoms with Crippen LogP contribution in [0.2, 0.25) is 0 Å². The number of carbonyl (C=O) groups excluding carboxylic acids is 2. The number of morpholine rings is 1. The van der Waals surface area contributed by atoms with Crippen LogP contribution in [0.4, 0.5) is 5.69 Å². The Hall–Kier alpha value is -2.12. The van der Waals surface area contributed by atoms with Crippen LogP contribution in [0.25, 0.3) is 0 Å². The quantitative estimate of drug-likeness (QED) is 0.563. The molecule has 1 atom stereocenters. The summed E-state index contributed by atoms with van der Waals surface area (Å²) in [7, 11) is 4.02. The van der Waals surface area contributed by atoms with Gasteiger partial charge in [0.1, 0.15) is 19.1 Å². The molecule has 1 aromatic rings. The average molecular weight is 363 g/mol. The van der Waals surface area contributed by atoms with E-state index < -0.39 is 11.8 Å². The van der Waals surface area contributed by atoms with E-state index in [2.05, 4.69) is 39.8 Å². The van der Waals surface area contributed by atoms with E-state index in [-0.39, 0.29) is 6.04 Å². The molecule has 0 bridgehead atoms. The van der Waals surface area contributed by atoms with Gasteiger partial charge in [-0.2, -0.15) is 0 Å². The van der Waals surface area contributed by atoms with E-state index in [1.807, 2.05) is 21.0 Å². The largest absolute Gasteiger partial charge is 0.378 e. The second kappa shape index (κ2) is 10.1. The number of quaternary nitrogens is 1. The number of amides is 2. The molecule has 7 heteroatoms. The lowest BCUT2D eigenvalue weighted by Crippen LogP contribution is -3.15. The fraction of sp³-hybridized carbons (Fsp3) is 0.579. The van der Waals surface area contributed by atoms with Crippen molar-refractivity contribution >= 4 is 17.5 Å². The maximum Gasteiger partial charge on any atom is 0.309 e. The molecular formula is C19H31N4O3+. The van der Waals surface area contributed by atoms with Crippen LogP contribution in [0.1, 0.15) is 24.9 Å². The maximum absolute atomic E-state index is 12.0. The number of ether oxygens (including phenoxy) is 1. The van der Waals surface area contributed by atoms with Crippen molar-refractivity contribution in [2.75, 3.05) is 58.4 Å². The molecule has 1 fully saturated rings. The highest BCUT2D eigenvalue weighted by atomic mass is 16.5. The molecule has 2 rings (SSSR count). The van der Waals surface area contributed by atoms with Crippen molar-refractivity contribution in [3.8, 4) is 0 Å². The molecule has 0 radical (unpaired) electrons. The summed E-state index contributed by atoms with van der Waals surface area (Å²) >= 11 is 0. The Bertz CT molecular complexity index is 583. The zero-order valence-corrected chi connectivity index (χ0v) is 16.0. The van der Waals surface area contributed by atoms with Gasteiger partial charge in [-0.3, -0.25) is 9.59 Å². The maximum atomic E-state index is 12.0. The Morgan fingerprint density at radius 2 is 1.73 bits per heavy atom. The van der Waals surface area contributed by atoms with Crippen LogP contribution in [0.5, 0.6) is 0 Å². The van der Waals surface area contributed by atoms with Gasteiger partial charge in [0.25, 0.3) is 0 Å². The van der Waals surface area contributed by atoms with Gasteiger partial charge >= 0.3 is 11.8 Å². The van der Waals surface area contributed by atoms with Crippen molar-refractivity contribution in [2.45, 2.75) is 19.4 Å². The highest BCUT2D eigenvalue weighted by Crippen LogP contribution is 2.16. The van der Waals surface area contributed by atoms with Crippen LogP contribution >= 0.6 is 0 Å². The standard InChI is InChI=1S/C19H30N4O3/c1-4-9-20-18(24)19(25)21-14-17(23-10-12-26-13-11-23)15-5-7-16(8-6-15)22(2)3/h5-8,17H,4,9-14H2,1-3H3,(H,20,24)(H,21,25)/p+1/t17-/m0/s1. The lowest BCUT2D eigenvalue weighted by atomic mass is 10.0. The Morgan fingerprint density at radius 1 is 1.12 bits per heavy atom. The minimum absolute atomic E-state index is 0.0954. The van der Waals surface area contributed by atoms with Gasteiger partial charge in [0.05, 0.1) is 19.8 Å². The fourth-order valence-corrected chi connectivity index (χ4v) is 3.08. The molecule has 0 aromatic heterocycles. The molecule has 3 N–H and O–H groups in total. The van der Waals surface area contributed by atoms with Crippen LogP contribution in [0, 0.1) is 0 Å². The van der Waals surface area contributed by atoms with E-state index in [4.69, 9.17) is 4.74 Å². The number of nitrogens with one attached hydrogen (secondary N) is 3. The second-order valence-electron chi connectivity index (χ2n) is 6.78. The number of carbonyl (C=O) groups is 2. The predicted molar refractivity (Wildman–Crippen MR) is 101 cm³/mol. The van der Waals surface area contributed by atoms with Gasteiger partial charge in [-0.15, -0.1) is 0 Å². The number of benzene rings is 1. The van der Waals surface area contributed by atoms with E-state index in [0.29, 0.717) is 26.3 Å². The van der Waals surface area contributed by atoms with E-state index in [0.717, 1.165) is 30.8 Å². The molecule has 1 saturated heterocycles. The third-order valence-electron chi connectivity index (χ3n) is 4.65. The molecule has 7 nitrogen and oxygen atoms in total. The van der Waals surface area contributed by atoms with Crippen molar-refractivity contribution in [1.82, 2.24) is 10.6 Å². The van der Waals surface area contributed by atoms with Crippen molar-refractivity contribution in [3.05, 3.63) is 29.8 Å². The Labute approximate surface area is 155 Å². The summed E-state index contributed by atoms with van der Waals surface area (Å²) < 4.78 is 5.47. The van der Waals surface area contributed by atoms with Crippen LogP contribution in [0.3, 0.4) is 0 Å². The van der Waals surface area contributed by atoms with E-state index in [1.165, 1.54) is 4.90 Å². The average Bonchev–Trinajstić information content (AvgIpc) is 2.67. The first-order chi connectivity index (χ1) is 12.5. The van der Waals surface area contributed by atoms with Crippen LogP contribution < -0.4 is 20.4 Å². The smallest absolute Gasteiger partial charge is 0.309 e. The molecule has 1 aliphatic rings. The Balaban J connectivity index is 2.06. The van der Waals surface area contributed by atoms with Gasteiger partial charge in [-0.05, 0) is 18.6 Å². The number of rotatable bonds is 7. The topological polar surface area (TPSA) is 75.1 Å². The lowest BCUT2D eigenvalue weighted by Gasteiger charge is -2.32. The minimum Gasteiger partial charge on any atom is -0.378 e. The third kappa shape index (κ3) is 5.71. The minimum atomic E-state index is -0.568. The molecule has 2 amide bonds. The highest BCUT2D eigenvalue weighted by Gasteiger charge is 2.27. The summed E-state index contributed by atoms with van der Waals surface area (Å²) in [4.78, 5) is 27.3. The summed E-state index contributed by atoms with van der Waals surface area (Å²) in [5.74, 6) is -1.13. The van der Waals surface area contributed by atoms with Gasteiger partial charge in [0, 0.05) is 31.9 Å². The molecule has 0 unspecified atom stereocenters. The van der Waals surface area contributed by atoms with Gasteiger partial charge in [-0.1, -0.05) is 19.1 Å². The molecule has 144 valence electrons. The van der Waals surface area contributed by atoms with Gasteiger partial charge in [0.15, 0.2) is 0 Å². The van der Waals surface area contributed by atoms with E-state index in [1.54, 1.807) is 0 Å². The molecular weight excluding hydrogens is 332 g/mol. The van der Waals surface area contributed by atoms with Gasteiger partial charge in [-0.25, -0.2) is 0 Å². The third-order valence-corrected chi connectivity index (χ3v) is 4.65. The summed E-state index contributed by atoms with van der Waals surface area (Å²) in [5, 5.41) is 5.41. The first kappa shape index (κ1) is 20.2. The van der Waals surface area contributed by atoms with Gasteiger partial charge in [0.2, 0.25) is 0 Å². The number of hydrogen-bond acceptors (Lipinski definition) is 4. The fourth-order valence-electron chi connectivity index (χ4n) is 3.08. The first-order valence-corrected chi connectivity index (χ1v) is 9.28. The monoisotopic (exact) mass is 363 g/mol. The lowest BCUT2D eigenvalue weighted by molar-refractivity contribution is -0.937. The molecule has 0 aliphatic carbocycles. The molecule has 1 heterocycles. The van der Waals surface area contributed by atoms with Crippen molar-refractivity contribution in [3.63, 3.8) is 0 Å². The summed E-state index contributed by atoms with van der Waals surface area (Å²) in [6, 6.07) is 8.46. The van der Waals surface area contributed by atoms with Crippen LogP contribution in [0.15, 0.2) is 24.3 Å². The Kier molecular flexibility index (Phi) is 7.87. The number of hydrogen-bond donors (Lipinski definition) is 3. The summed E-state index contributed by atoms with van der Waals surface area (Å²) in [6.45, 7) is 6.09. The van der Waals surface area contributed by atoms with Crippen molar-refractivity contribution in [2.24, 2.45) is 0 Å². The van der Waals surface area contributed by atoms with E-state index in [9.17, 15) is 9.59 Å². The van der Waals surface area contributed by atoms with E-state index >= 15 is 0 Å². The Morgan fingerprint density at radius 3 is 2.31 bits per heavy atom. The normalized spacial score (nSPS) is 16.0. The number of nitrogens with zero attached hydrogens (tertiary/aromatic N) is 1. The zero-order chi connectivity index (χ0) is 18.9. The first-order valence-electron chi connectivity index (χ1n) is 9.28.